The number of hydrogen-bond donors (Lipinski definition) is 1. The van der Waals surface area contributed by atoms with E-state index in [1.54, 1.807) is 0 Å². The fraction of sp³-hybridized carbons (Fsp3) is 0.611. The summed E-state index contributed by atoms with van der Waals surface area (Å²) in [7, 11) is 0. The Morgan fingerprint density at radius 2 is 1.62 bits per heavy atom. The number of carbonyl (C=O) groups is 1. The molecule has 3 heteroatoms. The first-order valence-corrected chi connectivity index (χ1v) is 8.31. The first kappa shape index (κ1) is 13.2. The first-order valence-electron chi connectivity index (χ1n) is 8.31. The van der Waals surface area contributed by atoms with E-state index >= 15 is 0 Å². The molecule has 1 amide bonds. The van der Waals surface area contributed by atoms with Crippen molar-refractivity contribution in [2.24, 2.45) is 17.8 Å². The van der Waals surface area contributed by atoms with Crippen LogP contribution in [0.15, 0.2) is 24.3 Å². The monoisotopic (exact) mass is 284 g/mol. The van der Waals surface area contributed by atoms with E-state index in [1.165, 1.54) is 32.1 Å². The quantitative estimate of drug-likeness (QED) is 0.849. The summed E-state index contributed by atoms with van der Waals surface area (Å²) in [4.78, 5) is 15.0. The largest absolute Gasteiger partial charge is 0.399 e. The molecule has 2 aliphatic heterocycles. The Balaban J connectivity index is 1.50. The van der Waals surface area contributed by atoms with Crippen molar-refractivity contribution in [3.05, 3.63) is 29.8 Å². The maximum Gasteiger partial charge on any atom is 0.227 e. The number of nitrogens with zero attached hydrogens (tertiary/aromatic N) is 1. The van der Waals surface area contributed by atoms with Gasteiger partial charge in [-0.15, -0.1) is 0 Å². The minimum Gasteiger partial charge on any atom is -0.399 e. The zero-order valence-electron chi connectivity index (χ0n) is 12.5. The van der Waals surface area contributed by atoms with Crippen LogP contribution >= 0.6 is 0 Å². The Hall–Kier alpha value is -1.51. The standard InChI is InChI=1S/C18H24N2O/c19-16-3-1-12(2-4-16)10-18(21)20-11-15-6-13-5-14(7-15)9-17(20)8-13/h1-4,13-15,17H,5-11,19H2. The summed E-state index contributed by atoms with van der Waals surface area (Å²) in [6.07, 6.45) is 7.17. The molecule has 3 nitrogen and oxygen atoms in total. The van der Waals surface area contributed by atoms with Crippen LogP contribution in [0, 0.1) is 17.8 Å². The molecular formula is C18H24N2O. The maximum atomic E-state index is 12.8. The molecule has 2 N–H and O–H groups in total. The second-order valence-electron chi connectivity index (χ2n) is 7.39. The van der Waals surface area contributed by atoms with E-state index in [4.69, 9.17) is 5.73 Å². The van der Waals surface area contributed by atoms with E-state index in [2.05, 4.69) is 4.90 Å². The Morgan fingerprint density at radius 1 is 1.00 bits per heavy atom. The molecule has 4 fully saturated rings. The Morgan fingerprint density at radius 3 is 2.29 bits per heavy atom. The molecule has 2 aliphatic carbocycles. The lowest BCUT2D eigenvalue weighted by atomic mass is 9.68. The molecule has 0 radical (unpaired) electrons. The van der Waals surface area contributed by atoms with E-state index in [0.29, 0.717) is 18.4 Å². The fourth-order valence-corrected chi connectivity index (χ4v) is 5.00. The Labute approximate surface area is 126 Å². The molecule has 2 heterocycles. The summed E-state index contributed by atoms with van der Waals surface area (Å²) >= 11 is 0. The topological polar surface area (TPSA) is 46.3 Å². The van der Waals surface area contributed by atoms with Gasteiger partial charge in [-0.05, 0) is 67.6 Å². The molecular weight excluding hydrogens is 260 g/mol. The van der Waals surface area contributed by atoms with Crippen LogP contribution in [0.25, 0.3) is 0 Å². The highest BCUT2D eigenvalue weighted by molar-refractivity contribution is 5.79. The van der Waals surface area contributed by atoms with Crippen molar-refractivity contribution >= 4 is 11.6 Å². The van der Waals surface area contributed by atoms with Crippen molar-refractivity contribution in [2.75, 3.05) is 12.3 Å². The second kappa shape index (κ2) is 5.04. The van der Waals surface area contributed by atoms with Gasteiger partial charge in [0.05, 0.1) is 6.42 Å². The van der Waals surface area contributed by atoms with E-state index in [-0.39, 0.29) is 0 Å². The summed E-state index contributed by atoms with van der Waals surface area (Å²) in [5.41, 5.74) is 7.56. The van der Waals surface area contributed by atoms with Gasteiger partial charge in [-0.1, -0.05) is 12.1 Å². The smallest absolute Gasteiger partial charge is 0.227 e. The Bertz CT molecular complexity index is 525. The lowest BCUT2D eigenvalue weighted by Gasteiger charge is -2.39. The van der Waals surface area contributed by atoms with Crippen LogP contribution in [-0.4, -0.2) is 23.4 Å². The van der Waals surface area contributed by atoms with Crippen LogP contribution in [0.3, 0.4) is 0 Å². The van der Waals surface area contributed by atoms with Gasteiger partial charge >= 0.3 is 0 Å². The van der Waals surface area contributed by atoms with Crippen LogP contribution < -0.4 is 5.73 Å². The summed E-state index contributed by atoms with van der Waals surface area (Å²) in [5, 5.41) is 0. The minimum atomic E-state index is 0.318. The number of anilines is 1. The number of hydrogen-bond acceptors (Lipinski definition) is 2. The van der Waals surface area contributed by atoms with E-state index < -0.39 is 0 Å². The Kier molecular flexibility index (Phi) is 3.16. The number of fused-ring (bicyclic) bond motifs is 1. The summed E-state index contributed by atoms with van der Waals surface area (Å²) in [6, 6.07) is 8.25. The molecule has 112 valence electrons. The molecule has 0 spiro atoms. The first-order chi connectivity index (χ1) is 10.2. The molecule has 1 aromatic carbocycles. The molecule has 21 heavy (non-hydrogen) atoms. The molecule has 1 aromatic rings. The van der Waals surface area contributed by atoms with Crippen molar-refractivity contribution in [2.45, 2.75) is 44.6 Å². The highest BCUT2D eigenvalue weighted by atomic mass is 16.2. The molecule has 0 aromatic heterocycles. The molecule has 2 unspecified atom stereocenters. The molecule has 2 atom stereocenters. The molecule has 4 bridgehead atoms. The SMILES string of the molecule is Nc1ccc(CC(=O)N2CC3CC4CC(C3)CC2C4)cc1. The molecule has 4 aliphatic rings. The third kappa shape index (κ3) is 2.54. The fourth-order valence-electron chi connectivity index (χ4n) is 5.00. The maximum absolute atomic E-state index is 12.8. The molecule has 5 rings (SSSR count). The van der Waals surface area contributed by atoms with Gasteiger partial charge < -0.3 is 10.6 Å². The van der Waals surface area contributed by atoms with E-state index in [9.17, 15) is 4.79 Å². The number of nitrogen functional groups attached to an aromatic ring is 1. The van der Waals surface area contributed by atoms with Gasteiger partial charge in [0.25, 0.3) is 0 Å². The number of benzene rings is 1. The third-order valence-electron chi connectivity index (χ3n) is 5.76. The van der Waals surface area contributed by atoms with Crippen molar-refractivity contribution in [3.8, 4) is 0 Å². The van der Waals surface area contributed by atoms with Crippen LogP contribution in [0.5, 0.6) is 0 Å². The van der Waals surface area contributed by atoms with Gasteiger partial charge in [-0.3, -0.25) is 4.79 Å². The van der Waals surface area contributed by atoms with E-state index in [0.717, 1.165) is 35.5 Å². The average molecular weight is 284 g/mol. The predicted octanol–water partition coefficient (Wildman–Crippen LogP) is 2.85. The highest BCUT2D eigenvalue weighted by Crippen LogP contribution is 2.47. The normalized spacial score (nSPS) is 34.0. The third-order valence-corrected chi connectivity index (χ3v) is 5.76. The van der Waals surface area contributed by atoms with Crippen LogP contribution in [0.1, 0.15) is 37.7 Å². The van der Waals surface area contributed by atoms with Gasteiger partial charge in [0.2, 0.25) is 5.91 Å². The van der Waals surface area contributed by atoms with Crippen molar-refractivity contribution < 1.29 is 4.79 Å². The average Bonchev–Trinajstić information content (AvgIpc) is 2.65. The van der Waals surface area contributed by atoms with Crippen molar-refractivity contribution in [1.29, 1.82) is 0 Å². The van der Waals surface area contributed by atoms with Gasteiger partial charge in [0.15, 0.2) is 0 Å². The summed E-state index contributed by atoms with van der Waals surface area (Å²) in [5.74, 6) is 2.86. The highest BCUT2D eigenvalue weighted by Gasteiger charge is 2.43. The molecule has 2 saturated heterocycles. The van der Waals surface area contributed by atoms with Gasteiger partial charge in [0.1, 0.15) is 0 Å². The summed E-state index contributed by atoms with van der Waals surface area (Å²) in [6.45, 7) is 1.01. The molecule has 2 saturated carbocycles. The second-order valence-corrected chi connectivity index (χ2v) is 7.39. The number of nitrogens with two attached hydrogens (primary N) is 1. The predicted molar refractivity (Wildman–Crippen MR) is 83.6 cm³/mol. The number of amides is 1. The van der Waals surface area contributed by atoms with Crippen molar-refractivity contribution in [3.63, 3.8) is 0 Å². The van der Waals surface area contributed by atoms with Crippen LogP contribution in [-0.2, 0) is 11.2 Å². The number of carbonyl (C=O) groups excluding carboxylic acids is 1. The van der Waals surface area contributed by atoms with E-state index in [1.807, 2.05) is 24.3 Å². The lowest BCUT2D eigenvalue weighted by molar-refractivity contribution is -0.133. The zero-order valence-corrected chi connectivity index (χ0v) is 12.5. The van der Waals surface area contributed by atoms with Crippen LogP contribution in [0.2, 0.25) is 0 Å². The van der Waals surface area contributed by atoms with Crippen LogP contribution in [0.4, 0.5) is 5.69 Å². The summed E-state index contributed by atoms with van der Waals surface area (Å²) < 4.78 is 0. The number of rotatable bonds is 2. The van der Waals surface area contributed by atoms with Crippen molar-refractivity contribution in [1.82, 2.24) is 4.90 Å². The van der Waals surface area contributed by atoms with Gasteiger partial charge in [0, 0.05) is 18.3 Å². The van der Waals surface area contributed by atoms with Gasteiger partial charge in [-0.2, -0.15) is 0 Å². The minimum absolute atomic E-state index is 0.318. The lowest BCUT2D eigenvalue weighted by Crippen LogP contribution is -2.42. The van der Waals surface area contributed by atoms with Gasteiger partial charge in [-0.25, -0.2) is 0 Å². The zero-order chi connectivity index (χ0) is 14.4.